The van der Waals surface area contributed by atoms with Gasteiger partial charge in [0.15, 0.2) is 5.96 Å². The van der Waals surface area contributed by atoms with Crippen LogP contribution in [0.15, 0.2) is 89.9 Å². The Morgan fingerprint density at radius 2 is 1.34 bits per heavy atom. The quantitative estimate of drug-likeness (QED) is 0.323. The number of aliphatic imine (C=N–C) groups is 1. The van der Waals surface area contributed by atoms with Gasteiger partial charge in [0.1, 0.15) is 0 Å². The van der Waals surface area contributed by atoms with Crippen molar-refractivity contribution in [2.45, 2.75) is 12.7 Å². The van der Waals surface area contributed by atoms with Gasteiger partial charge in [-0.25, -0.2) is 14.6 Å². The van der Waals surface area contributed by atoms with E-state index in [-0.39, 0.29) is 5.56 Å². The largest absolute Gasteiger partial charge is 0.490 e. The molecule has 11 heteroatoms. The number of para-hydroxylation sites is 1. The first-order valence-electron chi connectivity index (χ1n) is 11.7. The molecule has 3 aromatic carbocycles. The fourth-order valence-corrected chi connectivity index (χ4v) is 3.61. The standard InChI is InChI=1S/C25H26N4O2.C2HF3O2/c30-24(31)21-11-13-22(14-12-21)27-25(26-19-20-7-3-1-4-8-20)29-17-15-28(16-18-29)23-9-5-2-6-10-23;3-2(4,5)1(6)7/h1-14H,15-19H2,(H,26,27)(H,30,31);(H,6,7). The summed E-state index contributed by atoms with van der Waals surface area (Å²) < 4.78 is 31.7. The number of rotatable bonds is 5. The first-order chi connectivity index (χ1) is 18.1. The number of nitrogens with zero attached hydrogens (tertiary/aromatic N) is 3. The van der Waals surface area contributed by atoms with Gasteiger partial charge >= 0.3 is 18.1 Å². The molecule has 38 heavy (non-hydrogen) atoms. The maximum absolute atomic E-state index is 11.1. The van der Waals surface area contributed by atoms with E-state index < -0.39 is 18.1 Å². The maximum atomic E-state index is 11.1. The van der Waals surface area contributed by atoms with Gasteiger partial charge in [-0.1, -0.05) is 48.5 Å². The molecule has 0 bridgehead atoms. The Morgan fingerprint density at radius 1 is 0.816 bits per heavy atom. The van der Waals surface area contributed by atoms with Gasteiger partial charge in [-0.2, -0.15) is 13.2 Å². The van der Waals surface area contributed by atoms with Crippen LogP contribution in [0.4, 0.5) is 24.5 Å². The molecule has 8 nitrogen and oxygen atoms in total. The SMILES string of the molecule is O=C(O)C(F)(F)F.O=C(O)c1ccc(NC(=NCc2ccccc2)N2CCN(c3ccccc3)CC2)cc1. The van der Waals surface area contributed by atoms with Crippen molar-refractivity contribution in [1.29, 1.82) is 0 Å². The van der Waals surface area contributed by atoms with Crippen molar-refractivity contribution in [3.8, 4) is 0 Å². The van der Waals surface area contributed by atoms with Gasteiger partial charge in [0.2, 0.25) is 0 Å². The number of anilines is 2. The van der Waals surface area contributed by atoms with Crippen molar-refractivity contribution in [3.63, 3.8) is 0 Å². The van der Waals surface area contributed by atoms with Crippen LogP contribution in [0.25, 0.3) is 0 Å². The van der Waals surface area contributed by atoms with Gasteiger partial charge in [0.25, 0.3) is 0 Å². The number of piperazine rings is 1. The number of aliphatic carboxylic acids is 1. The van der Waals surface area contributed by atoms with E-state index in [0.29, 0.717) is 6.54 Å². The normalized spacial score (nSPS) is 13.8. The minimum atomic E-state index is -5.08. The Labute approximate surface area is 217 Å². The predicted molar refractivity (Wildman–Crippen MR) is 139 cm³/mol. The highest BCUT2D eigenvalue weighted by Gasteiger charge is 2.38. The number of benzene rings is 3. The van der Waals surface area contributed by atoms with Crippen LogP contribution >= 0.6 is 0 Å². The summed E-state index contributed by atoms with van der Waals surface area (Å²) in [6, 6.07) is 27.4. The van der Waals surface area contributed by atoms with Crippen molar-refractivity contribution in [2.75, 3.05) is 36.4 Å². The summed E-state index contributed by atoms with van der Waals surface area (Å²) in [6.45, 7) is 4.10. The Balaban J connectivity index is 0.000000505. The van der Waals surface area contributed by atoms with Crippen LogP contribution < -0.4 is 10.2 Å². The van der Waals surface area contributed by atoms with Crippen LogP contribution in [-0.2, 0) is 11.3 Å². The number of hydrogen-bond donors (Lipinski definition) is 3. The number of carboxylic acid groups (broad SMARTS) is 2. The molecule has 0 saturated carbocycles. The van der Waals surface area contributed by atoms with E-state index >= 15 is 0 Å². The zero-order chi connectivity index (χ0) is 27.5. The summed E-state index contributed by atoms with van der Waals surface area (Å²) in [4.78, 5) is 29.5. The van der Waals surface area contributed by atoms with Crippen molar-refractivity contribution in [1.82, 2.24) is 4.90 Å². The van der Waals surface area contributed by atoms with Crippen molar-refractivity contribution >= 4 is 29.3 Å². The third kappa shape index (κ3) is 8.54. The molecule has 1 aliphatic heterocycles. The number of alkyl halides is 3. The lowest BCUT2D eigenvalue weighted by Crippen LogP contribution is -2.50. The lowest BCUT2D eigenvalue weighted by molar-refractivity contribution is -0.192. The van der Waals surface area contributed by atoms with Gasteiger partial charge in [0.05, 0.1) is 12.1 Å². The molecule has 1 fully saturated rings. The van der Waals surface area contributed by atoms with E-state index in [4.69, 9.17) is 20.0 Å². The molecule has 1 heterocycles. The highest BCUT2D eigenvalue weighted by atomic mass is 19.4. The van der Waals surface area contributed by atoms with E-state index in [1.54, 1.807) is 24.3 Å². The van der Waals surface area contributed by atoms with Crippen molar-refractivity contribution < 1.29 is 33.0 Å². The second-order valence-electron chi connectivity index (χ2n) is 8.25. The Bertz CT molecular complexity index is 1210. The van der Waals surface area contributed by atoms with Crippen LogP contribution in [0.2, 0.25) is 0 Å². The van der Waals surface area contributed by atoms with E-state index in [2.05, 4.69) is 51.5 Å². The Kier molecular flexibility index (Phi) is 9.69. The topological polar surface area (TPSA) is 105 Å². The number of carboxylic acids is 2. The summed E-state index contributed by atoms with van der Waals surface area (Å²) in [6.07, 6.45) is -5.08. The van der Waals surface area contributed by atoms with E-state index in [0.717, 1.165) is 43.4 Å². The van der Waals surface area contributed by atoms with E-state index in [9.17, 15) is 18.0 Å². The zero-order valence-electron chi connectivity index (χ0n) is 20.3. The molecule has 0 aliphatic carbocycles. The summed E-state index contributed by atoms with van der Waals surface area (Å²) in [5.74, 6) is -2.88. The minimum absolute atomic E-state index is 0.268. The lowest BCUT2D eigenvalue weighted by atomic mass is 10.2. The van der Waals surface area contributed by atoms with Gasteiger partial charge in [0, 0.05) is 37.6 Å². The summed E-state index contributed by atoms with van der Waals surface area (Å²) >= 11 is 0. The van der Waals surface area contributed by atoms with Crippen LogP contribution in [0, 0.1) is 0 Å². The molecule has 0 amide bonds. The molecule has 3 aromatic rings. The lowest BCUT2D eigenvalue weighted by Gasteiger charge is -2.37. The molecule has 1 saturated heterocycles. The Morgan fingerprint density at radius 3 is 1.84 bits per heavy atom. The first-order valence-corrected chi connectivity index (χ1v) is 11.7. The second kappa shape index (κ2) is 13.1. The van der Waals surface area contributed by atoms with E-state index in [1.807, 2.05) is 24.3 Å². The molecule has 0 unspecified atom stereocenters. The minimum Gasteiger partial charge on any atom is -0.478 e. The molecule has 4 rings (SSSR count). The molecule has 0 aromatic heterocycles. The van der Waals surface area contributed by atoms with Crippen LogP contribution in [0.3, 0.4) is 0 Å². The number of nitrogens with one attached hydrogen (secondary N) is 1. The number of hydrogen-bond acceptors (Lipinski definition) is 4. The monoisotopic (exact) mass is 528 g/mol. The molecule has 0 spiro atoms. The second-order valence-corrected chi connectivity index (χ2v) is 8.25. The average molecular weight is 529 g/mol. The highest BCUT2D eigenvalue weighted by Crippen LogP contribution is 2.17. The van der Waals surface area contributed by atoms with Gasteiger partial charge in [-0.15, -0.1) is 0 Å². The predicted octanol–water partition coefficient (Wildman–Crippen LogP) is 4.81. The number of guanidine groups is 1. The Hall–Kier alpha value is -4.54. The third-order valence-corrected chi connectivity index (χ3v) is 5.59. The highest BCUT2D eigenvalue weighted by molar-refractivity contribution is 5.95. The number of carbonyl (C=O) groups is 2. The molecular weight excluding hydrogens is 501 g/mol. The number of aromatic carboxylic acids is 1. The third-order valence-electron chi connectivity index (χ3n) is 5.59. The molecule has 200 valence electrons. The van der Waals surface area contributed by atoms with Crippen molar-refractivity contribution in [2.24, 2.45) is 4.99 Å². The summed E-state index contributed by atoms with van der Waals surface area (Å²) in [7, 11) is 0. The van der Waals surface area contributed by atoms with Crippen LogP contribution in [0.1, 0.15) is 15.9 Å². The maximum Gasteiger partial charge on any atom is 0.490 e. The smallest absolute Gasteiger partial charge is 0.478 e. The van der Waals surface area contributed by atoms with Crippen molar-refractivity contribution in [3.05, 3.63) is 96.1 Å². The zero-order valence-corrected chi connectivity index (χ0v) is 20.3. The fourth-order valence-electron chi connectivity index (χ4n) is 3.61. The molecule has 3 N–H and O–H groups in total. The molecule has 0 radical (unpaired) electrons. The van der Waals surface area contributed by atoms with Crippen LogP contribution in [-0.4, -0.2) is 65.4 Å². The summed E-state index contributed by atoms with van der Waals surface area (Å²) in [5, 5.41) is 19.7. The molecular formula is C27H27F3N4O4. The van der Waals surface area contributed by atoms with Gasteiger partial charge < -0.3 is 25.3 Å². The number of halogens is 3. The first kappa shape index (κ1) is 28.0. The molecule has 0 atom stereocenters. The fraction of sp³-hybridized carbons (Fsp3) is 0.222. The molecule has 1 aliphatic rings. The average Bonchev–Trinajstić information content (AvgIpc) is 2.92. The van der Waals surface area contributed by atoms with Gasteiger partial charge in [-0.3, -0.25) is 0 Å². The van der Waals surface area contributed by atoms with Gasteiger partial charge in [-0.05, 0) is 42.0 Å². The van der Waals surface area contributed by atoms with E-state index in [1.165, 1.54) is 5.69 Å². The summed E-state index contributed by atoms with van der Waals surface area (Å²) in [5.41, 5.74) is 3.47. The van der Waals surface area contributed by atoms with Crippen LogP contribution in [0.5, 0.6) is 0 Å².